The van der Waals surface area contributed by atoms with Crippen LogP contribution in [0.2, 0.25) is 0 Å². The highest BCUT2D eigenvalue weighted by Crippen LogP contribution is 2.38. The molecule has 0 spiro atoms. The van der Waals surface area contributed by atoms with Crippen LogP contribution in [-0.4, -0.2) is 12.1 Å². The van der Waals surface area contributed by atoms with Gasteiger partial charge in [0.25, 0.3) is 0 Å². The first-order chi connectivity index (χ1) is 9.82. The first kappa shape index (κ1) is 18.3. The van der Waals surface area contributed by atoms with Crippen LogP contribution in [0.1, 0.15) is 43.4 Å². The van der Waals surface area contributed by atoms with Crippen LogP contribution in [-0.2, 0) is 21.9 Å². The first-order valence-electron chi connectivity index (χ1n) is 6.29. The van der Waals surface area contributed by atoms with Gasteiger partial charge in [-0.05, 0) is 30.7 Å². The van der Waals surface area contributed by atoms with Gasteiger partial charge in [0.05, 0.1) is 11.1 Å². The van der Waals surface area contributed by atoms with Crippen LogP contribution in [0.25, 0.3) is 0 Å². The molecule has 0 saturated heterocycles. The van der Waals surface area contributed by atoms with Gasteiger partial charge in [0.15, 0.2) is 0 Å². The molecule has 22 heavy (non-hydrogen) atoms. The van der Waals surface area contributed by atoms with E-state index in [0.29, 0.717) is 12.1 Å². The predicted molar refractivity (Wildman–Crippen MR) is 66.1 cm³/mol. The van der Waals surface area contributed by atoms with Gasteiger partial charge in [-0.3, -0.25) is 4.79 Å². The highest BCUT2D eigenvalue weighted by molar-refractivity contribution is 5.66. The molecule has 0 heterocycles. The van der Waals surface area contributed by atoms with Crippen LogP contribution < -0.4 is 0 Å². The molecular weight excluding hydrogens is 314 g/mol. The van der Waals surface area contributed by atoms with Crippen molar-refractivity contribution in [3.05, 3.63) is 34.9 Å². The van der Waals surface area contributed by atoms with Crippen molar-refractivity contribution < 1.29 is 35.9 Å². The second-order valence-electron chi connectivity index (χ2n) is 4.94. The van der Waals surface area contributed by atoms with Crippen molar-refractivity contribution in [3.8, 4) is 0 Å². The lowest BCUT2D eigenvalue weighted by Gasteiger charge is -2.22. The fourth-order valence-electron chi connectivity index (χ4n) is 1.88. The standard InChI is InChI=1S/C14H14F6O2/c1-7(8(2)22-9(3)21)10-4-11(13(15,16)17)6-12(5-10)14(18,19)20/h4-8H,1-3H3/t7-,8-/m1/s1. The van der Waals surface area contributed by atoms with Gasteiger partial charge in [-0.15, -0.1) is 0 Å². The fraction of sp³-hybridized carbons (Fsp3) is 0.500. The molecule has 2 atom stereocenters. The highest BCUT2D eigenvalue weighted by Gasteiger charge is 2.37. The Balaban J connectivity index is 3.32. The zero-order chi connectivity index (χ0) is 17.3. The highest BCUT2D eigenvalue weighted by atomic mass is 19.4. The fourth-order valence-corrected chi connectivity index (χ4v) is 1.88. The van der Waals surface area contributed by atoms with Crippen LogP contribution in [0.5, 0.6) is 0 Å². The van der Waals surface area contributed by atoms with Gasteiger partial charge < -0.3 is 4.74 Å². The normalized spacial score (nSPS) is 15.3. The molecule has 2 nitrogen and oxygen atoms in total. The summed E-state index contributed by atoms with van der Waals surface area (Å²) >= 11 is 0. The van der Waals surface area contributed by atoms with Crippen molar-refractivity contribution >= 4 is 5.97 Å². The van der Waals surface area contributed by atoms with Gasteiger partial charge in [0.1, 0.15) is 6.10 Å². The third kappa shape index (κ3) is 4.64. The minimum atomic E-state index is -4.90. The van der Waals surface area contributed by atoms with Crippen LogP contribution in [0, 0.1) is 0 Å². The molecule has 1 rings (SSSR count). The topological polar surface area (TPSA) is 26.3 Å². The summed E-state index contributed by atoms with van der Waals surface area (Å²) in [5.41, 5.74) is -2.98. The monoisotopic (exact) mass is 328 g/mol. The molecule has 0 radical (unpaired) electrons. The molecule has 0 aliphatic carbocycles. The lowest BCUT2D eigenvalue weighted by atomic mass is 9.92. The number of halogens is 6. The number of rotatable bonds is 3. The maximum absolute atomic E-state index is 12.8. The Morgan fingerprint density at radius 3 is 1.68 bits per heavy atom. The Morgan fingerprint density at radius 2 is 1.36 bits per heavy atom. The summed E-state index contributed by atoms with van der Waals surface area (Å²) < 4.78 is 81.4. The molecule has 8 heteroatoms. The molecule has 0 amide bonds. The lowest BCUT2D eigenvalue weighted by molar-refractivity contribution is -0.147. The molecule has 1 aromatic rings. The molecule has 0 aliphatic rings. The maximum atomic E-state index is 12.8. The summed E-state index contributed by atoms with van der Waals surface area (Å²) in [5, 5.41) is 0. The molecule has 0 fully saturated rings. The Labute approximate surface area is 123 Å². The Morgan fingerprint density at radius 1 is 0.955 bits per heavy atom. The zero-order valence-corrected chi connectivity index (χ0v) is 12.0. The lowest BCUT2D eigenvalue weighted by Crippen LogP contribution is -2.20. The number of ether oxygens (including phenoxy) is 1. The summed E-state index contributed by atoms with van der Waals surface area (Å²) in [5.74, 6) is -1.49. The Hall–Kier alpha value is -1.73. The molecule has 0 unspecified atom stereocenters. The van der Waals surface area contributed by atoms with E-state index in [1.165, 1.54) is 13.8 Å². The number of benzene rings is 1. The van der Waals surface area contributed by atoms with Gasteiger partial charge in [-0.2, -0.15) is 26.3 Å². The van der Waals surface area contributed by atoms with Gasteiger partial charge in [0, 0.05) is 12.8 Å². The number of esters is 1. The second-order valence-corrected chi connectivity index (χ2v) is 4.94. The van der Waals surface area contributed by atoms with Crippen molar-refractivity contribution in [1.29, 1.82) is 0 Å². The van der Waals surface area contributed by atoms with Crippen LogP contribution in [0.15, 0.2) is 18.2 Å². The quantitative estimate of drug-likeness (QED) is 0.590. The van der Waals surface area contributed by atoms with E-state index in [1.807, 2.05) is 0 Å². The maximum Gasteiger partial charge on any atom is 0.416 e. The second kappa shape index (κ2) is 6.18. The number of alkyl halides is 6. The van der Waals surface area contributed by atoms with E-state index in [1.54, 1.807) is 0 Å². The summed E-state index contributed by atoms with van der Waals surface area (Å²) in [7, 11) is 0. The van der Waals surface area contributed by atoms with E-state index >= 15 is 0 Å². The van der Waals surface area contributed by atoms with E-state index in [9.17, 15) is 31.1 Å². The van der Waals surface area contributed by atoms with Crippen molar-refractivity contribution in [1.82, 2.24) is 0 Å². The molecule has 0 bridgehead atoms. The summed E-state index contributed by atoms with van der Waals surface area (Å²) in [6.45, 7) is 3.90. The van der Waals surface area contributed by atoms with Gasteiger partial charge in [-0.1, -0.05) is 6.92 Å². The first-order valence-corrected chi connectivity index (χ1v) is 6.29. The largest absolute Gasteiger partial charge is 0.462 e. The molecule has 1 aromatic carbocycles. The molecule has 0 saturated carbocycles. The van der Waals surface area contributed by atoms with Crippen molar-refractivity contribution in [3.63, 3.8) is 0 Å². The van der Waals surface area contributed by atoms with Crippen molar-refractivity contribution in [2.75, 3.05) is 0 Å². The van der Waals surface area contributed by atoms with Crippen molar-refractivity contribution in [2.45, 2.75) is 45.1 Å². The summed E-state index contributed by atoms with van der Waals surface area (Å²) in [4.78, 5) is 10.9. The molecule has 124 valence electrons. The molecule has 0 aliphatic heterocycles. The number of carbonyl (C=O) groups excluding carboxylic acids is 1. The Bertz CT molecular complexity index is 515. The van der Waals surface area contributed by atoms with E-state index in [-0.39, 0.29) is 11.6 Å². The van der Waals surface area contributed by atoms with Gasteiger partial charge >= 0.3 is 18.3 Å². The van der Waals surface area contributed by atoms with Gasteiger partial charge in [-0.25, -0.2) is 0 Å². The molecule has 0 N–H and O–H groups in total. The minimum Gasteiger partial charge on any atom is -0.462 e. The van der Waals surface area contributed by atoms with Crippen molar-refractivity contribution in [2.24, 2.45) is 0 Å². The smallest absolute Gasteiger partial charge is 0.416 e. The Kier molecular flexibility index (Phi) is 5.14. The number of carbonyl (C=O) groups is 1. The van der Waals surface area contributed by atoms with Crippen LogP contribution in [0.4, 0.5) is 26.3 Å². The average Bonchev–Trinajstić information content (AvgIpc) is 2.34. The summed E-state index contributed by atoms with van der Waals surface area (Å²) in [6.07, 6.45) is -10.7. The van der Waals surface area contributed by atoms with Crippen LogP contribution in [0.3, 0.4) is 0 Å². The van der Waals surface area contributed by atoms with E-state index < -0.39 is 41.5 Å². The number of hydrogen-bond donors (Lipinski definition) is 0. The minimum absolute atomic E-state index is 0.0622. The number of hydrogen-bond acceptors (Lipinski definition) is 2. The SMILES string of the molecule is CC(=O)O[C@H](C)[C@@H](C)c1cc(C(F)(F)F)cc(C(F)(F)F)c1. The van der Waals surface area contributed by atoms with Crippen LogP contribution >= 0.6 is 0 Å². The molecular formula is C14H14F6O2. The predicted octanol–water partition coefficient (Wildman–Crippen LogP) is 4.78. The van der Waals surface area contributed by atoms with E-state index in [0.717, 1.165) is 6.92 Å². The van der Waals surface area contributed by atoms with Gasteiger partial charge in [0.2, 0.25) is 0 Å². The summed E-state index contributed by atoms with van der Waals surface area (Å²) in [6, 6.07) is 1.34. The third-order valence-corrected chi connectivity index (χ3v) is 3.19. The van der Waals surface area contributed by atoms with E-state index in [4.69, 9.17) is 4.74 Å². The average molecular weight is 328 g/mol. The van der Waals surface area contributed by atoms with E-state index in [2.05, 4.69) is 0 Å². The zero-order valence-electron chi connectivity index (χ0n) is 12.0. The molecule has 0 aromatic heterocycles. The third-order valence-electron chi connectivity index (χ3n) is 3.19.